The van der Waals surface area contributed by atoms with Crippen molar-refractivity contribution in [1.29, 1.82) is 0 Å². The van der Waals surface area contributed by atoms with Crippen LogP contribution in [-0.2, 0) is 0 Å². The van der Waals surface area contributed by atoms with Crippen molar-refractivity contribution in [3.63, 3.8) is 0 Å². The van der Waals surface area contributed by atoms with Gasteiger partial charge in [0.05, 0.1) is 0 Å². The Hall–Kier alpha value is -0.120. The van der Waals surface area contributed by atoms with Crippen molar-refractivity contribution < 1.29 is 0 Å². The topological polar surface area (TPSA) is 18.5 Å². The minimum absolute atomic E-state index is 0.469. The van der Waals surface area contributed by atoms with Crippen molar-refractivity contribution >= 4 is 0 Å². The van der Waals surface area contributed by atoms with Gasteiger partial charge >= 0.3 is 0 Å². The highest BCUT2D eigenvalue weighted by atomic mass is 15.3. The standard InChI is InChI=1S/C18H37N3/c1-6-10-19-17-16(8-9-18(17,4)5)14-20-11-12-21(7-2)15(3)13-20/h15-17,19H,6-14H2,1-5H3. The first-order valence-electron chi connectivity index (χ1n) is 9.17. The maximum absolute atomic E-state index is 3.86. The van der Waals surface area contributed by atoms with Crippen molar-refractivity contribution in [2.75, 3.05) is 39.3 Å². The number of rotatable bonds is 6. The lowest BCUT2D eigenvalue weighted by Gasteiger charge is -2.41. The summed E-state index contributed by atoms with van der Waals surface area (Å²) in [7, 11) is 0. The normalized spacial score (nSPS) is 34.4. The summed E-state index contributed by atoms with van der Waals surface area (Å²) in [6.07, 6.45) is 4.02. The molecule has 3 unspecified atom stereocenters. The van der Waals surface area contributed by atoms with E-state index < -0.39 is 0 Å². The Kier molecular flexibility index (Phi) is 6.10. The molecule has 21 heavy (non-hydrogen) atoms. The van der Waals surface area contributed by atoms with Crippen LogP contribution in [0.1, 0.15) is 53.9 Å². The molecule has 1 saturated carbocycles. The molecular formula is C18H37N3. The van der Waals surface area contributed by atoms with Crippen LogP contribution >= 0.6 is 0 Å². The Morgan fingerprint density at radius 2 is 1.95 bits per heavy atom. The number of nitrogens with zero attached hydrogens (tertiary/aromatic N) is 2. The van der Waals surface area contributed by atoms with Crippen LogP contribution in [-0.4, -0.2) is 61.2 Å². The summed E-state index contributed by atoms with van der Waals surface area (Å²) in [5.74, 6) is 0.840. The van der Waals surface area contributed by atoms with E-state index in [2.05, 4.69) is 49.7 Å². The molecule has 0 amide bonds. The quantitative estimate of drug-likeness (QED) is 0.813. The van der Waals surface area contributed by atoms with Crippen LogP contribution in [0.3, 0.4) is 0 Å². The van der Waals surface area contributed by atoms with E-state index in [-0.39, 0.29) is 0 Å². The summed E-state index contributed by atoms with van der Waals surface area (Å²) in [6.45, 7) is 19.3. The Labute approximate surface area is 132 Å². The van der Waals surface area contributed by atoms with Gasteiger partial charge in [-0.3, -0.25) is 4.90 Å². The molecule has 1 saturated heterocycles. The summed E-state index contributed by atoms with van der Waals surface area (Å²) < 4.78 is 0. The van der Waals surface area contributed by atoms with E-state index in [9.17, 15) is 0 Å². The van der Waals surface area contributed by atoms with Gasteiger partial charge in [-0.2, -0.15) is 0 Å². The van der Waals surface area contributed by atoms with Crippen LogP contribution in [0.25, 0.3) is 0 Å². The van der Waals surface area contributed by atoms with E-state index in [0.717, 1.165) is 12.0 Å². The lowest BCUT2D eigenvalue weighted by molar-refractivity contribution is 0.0712. The van der Waals surface area contributed by atoms with E-state index >= 15 is 0 Å². The largest absolute Gasteiger partial charge is 0.313 e. The SMILES string of the molecule is CCCNC1C(CN2CCN(CC)C(C)C2)CCC1(C)C. The molecule has 1 heterocycles. The predicted molar refractivity (Wildman–Crippen MR) is 91.7 cm³/mol. The zero-order valence-corrected chi connectivity index (χ0v) is 15.0. The summed E-state index contributed by atoms with van der Waals surface area (Å²) in [6, 6.07) is 1.43. The van der Waals surface area contributed by atoms with Gasteiger partial charge in [0.15, 0.2) is 0 Å². The molecule has 0 spiro atoms. The molecule has 0 radical (unpaired) electrons. The number of nitrogens with one attached hydrogen (secondary N) is 1. The predicted octanol–water partition coefficient (Wildman–Crippen LogP) is 2.82. The first-order chi connectivity index (χ1) is 9.97. The fraction of sp³-hybridized carbons (Fsp3) is 1.00. The molecule has 3 atom stereocenters. The molecule has 0 bridgehead atoms. The number of likely N-dealkylation sites (N-methyl/N-ethyl adjacent to an activating group) is 1. The van der Waals surface area contributed by atoms with Gasteiger partial charge in [0.2, 0.25) is 0 Å². The van der Waals surface area contributed by atoms with Gasteiger partial charge in [0, 0.05) is 38.3 Å². The maximum Gasteiger partial charge on any atom is 0.0195 e. The molecule has 2 rings (SSSR count). The summed E-state index contributed by atoms with van der Waals surface area (Å²) in [5, 5.41) is 3.86. The molecule has 1 aliphatic heterocycles. The smallest absolute Gasteiger partial charge is 0.0195 e. The molecule has 2 aliphatic rings. The summed E-state index contributed by atoms with van der Waals surface area (Å²) in [4.78, 5) is 5.34. The van der Waals surface area contributed by atoms with Crippen LogP contribution in [0.5, 0.6) is 0 Å². The summed E-state index contributed by atoms with van der Waals surface area (Å²) >= 11 is 0. The molecule has 3 heteroatoms. The van der Waals surface area contributed by atoms with Gasteiger partial charge in [-0.15, -0.1) is 0 Å². The van der Waals surface area contributed by atoms with Crippen molar-refractivity contribution in [2.45, 2.75) is 66.0 Å². The Balaban J connectivity index is 1.89. The molecule has 2 fully saturated rings. The van der Waals surface area contributed by atoms with Crippen molar-refractivity contribution in [1.82, 2.24) is 15.1 Å². The van der Waals surface area contributed by atoms with Gasteiger partial charge < -0.3 is 10.2 Å². The van der Waals surface area contributed by atoms with E-state index in [1.807, 2.05) is 0 Å². The van der Waals surface area contributed by atoms with Crippen LogP contribution in [0, 0.1) is 11.3 Å². The van der Waals surface area contributed by atoms with Crippen molar-refractivity contribution in [3.8, 4) is 0 Å². The van der Waals surface area contributed by atoms with Crippen LogP contribution < -0.4 is 5.32 Å². The van der Waals surface area contributed by atoms with Crippen LogP contribution in [0.15, 0.2) is 0 Å². The highest BCUT2D eigenvalue weighted by Crippen LogP contribution is 2.41. The summed E-state index contributed by atoms with van der Waals surface area (Å²) in [5.41, 5.74) is 0.469. The monoisotopic (exact) mass is 295 g/mol. The van der Waals surface area contributed by atoms with Gasteiger partial charge in [-0.1, -0.05) is 27.7 Å². The molecule has 0 aromatic heterocycles. The van der Waals surface area contributed by atoms with E-state index in [4.69, 9.17) is 0 Å². The Bertz CT molecular complexity index is 316. The highest BCUT2D eigenvalue weighted by Gasteiger charge is 2.42. The minimum atomic E-state index is 0.469. The third kappa shape index (κ3) is 4.20. The minimum Gasteiger partial charge on any atom is -0.313 e. The van der Waals surface area contributed by atoms with E-state index in [1.165, 1.54) is 58.5 Å². The molecule has 124 valence electrons. The molecule has 3 nitrogen and oxygen atoms in total. The second-order valence-electron chi connectivity index (χ2n) is 7.96. The van der Waals surface area contributed by atoms with Gasteiger partial charge in [-0.25, -0.2) is 0 Å². The van der Waals surface area contributed by atoms with Crippen LogP contribution in [0.2, 0.25) is 0 Å². The maximum atomic E-state index is 3.86. The molecule has 1 aliphatic carbocycles. The number of hydrogen-bond acceptors (Lipinski definition) is 3. The average molecular weight is 296 g/mol. The fourth-order valence-corrected chi connectivity index (χ4v) is 4.50. The second kappa shape index (κ2) is 7.43. The third-order valence-corrected chi connectivity index (χ3v) is 5.84. The average Bonchev–Trinajstić information content (AvgIpc) is 2.72. The molecule has 1 N–H and O–H groups in total. The van der Waals surface area contributed by atoms with Gasteiger partial charge in [-0.05, 0) is 50.6 Å². The molecule has 0 aromatic carbocycles. The van der Waals surface area contributed by atoms with Gasteiger partial charge in [0.25, 0.3) is 0 Å². The van der Waals surface area contributed by atoms with Crippen molar-refractivity contribution in [2.24, 2.45) is 11.3 Å². The molecule has 0 aromatic rings. The first kappa shape index (κ1) is 17.2. The second-order valence-corrected chi connectivity index (χ2v) is 7.96. The Morgan fingerprint density at radius 3 is 2.57 bits per heavy atom. The van der Waals surface area contributed by atoms with Crippen LogP contribution in [0.4, 0.5) is 0 Å². The number of hydrogen-bond donors (Lipinski definition) is 1. The zero-order chi connectivity index (χ0) is 15.5. The fourth-order valence-electron chi connectivity index (χ4n) is 4.50. The Morgan fingerprint density at radius 1 is 1.19 bits per heavy atom. The zero-order valence-electron chi connectivity index (χ0n) is 15.0. The van der Waals surface area contributed by atoms with E-state index in [1.54, 1.807) is 0 Å². The highest BCUT2D eigenvalue weighted by molar-refractivity contribution is 4.97. The number of piperazine rings is 1. The first-order valence-corrected chi connectivity index (χ1v) is 9.17. The molecular weight excluding hydrogens is 258 g/mol. The van der Waals surface area contributed by atoms with Gasteiger partial charge in [0.1, 0.15) is 0 Å². The lowest BCUT2D eigenvalue weighted by Crippen LogP contribution is -2.54. The lowest BCUT2D eigenvalue weighted by atomic mass is 9.84. The third-order valence-electron chi connectivity index (χ3n) is 5.84. The van der Waals surface area contributed by atoms with E-state index in [0.29, 0.717) is 11.5 Å². The van der Waals surface area contributed by atoms with Crippen molar-refractivity contribution in [3.05, 3.63) is 0 Å².